The van der Waals surface area contributed by atoms with Gasteiger partial charge in [0.25, 0.3) is 0 Å². The highest BCUT2D eigenvalue weighted by atomic mass is 16.5. The van der Waals surface area contributed by atoms with Crippen LogP contribution in [0.1, 0.15) is 30.5 Å². The van der Waals surface area contributed by atoms with Crippen molar-refractivity contribution in [1.82, 2.24) is 5.32 Å². The minimum Gasteiger partial charge on any atom is -0.491 e. The summed E-state index contributed by atoms with van der Waals surface area (Å²) in [7, 11) is 0. The predicted octanol–water partition coefficient (Wildman–Crippen LogP) is 2.44. The summed E-state index contributed by atoms with van der Waals surface area (Å²) in [6, 6.07) is 4.03. The van der Waals surface area contributed by atoms with Crippen LogP contribution in [-0.4, -0.2) is 29.8 Å². The van der Waals surface area contributed by atoms with Gasteiger partial charge in [-0.1, -0.05) is 13.0 Å². The summed E-state index contributed by atoms with van der Waals surface area (Å²) >= 11 is 0. The predicted molar refractivity (Wildman–Crippen MR) is 75.9 cm³/mol. The van der Waals surface area contributed by atoms with Crippen LogP contribution >= 0.6 is 0 Å². The fraction of sp³-hybridized carbons (Fsp3) is 0.533. The lowest BCUT2D eigenvalue weighted by molar-refractivity contribution is -0.145. The molecule has 106 valence electrons. The number of likely N-dealkylation sites (N-methyl/N-ethyl adjacent to an activating group) is 1. The smallest absolute Gasteiger partial charge is 0.327 e. The van der Waals surface area contributed by atoms with Gasteiger partial charge < -0.3 is 9.84 Å². The first kappa shape index (κ1) is 15.5. The summed E-state index contributed by atoms with van der Waals surface area (Å²) in [5.41, 5.74) is 2.24. The normalized spacial score (nSPS) is 13.9. The maximum absolute atomic E-state index is 11.3. The molecule has 0 aliphatic rings. The quantitative estimate of drug-likeness (QED) is 0.829. The molecule has 1 aromatic rings. The molecule has 1 rings (SSSR count). The SMILES string of the molecule is CCNC(C)(COc1cc(C)cc(C)c1C)C(=O)O. The van der Waals surface area contributed by atoms with E-state index in [2.05, 4.69) is 11.4 Å². The molecule has 1 atom stereocenters. The van der Waals surface area contributed by atoms with Crippen LogP contribution in [0.5, 0.6) is 5.75 Å². The highest BCUT2D eigenvalue weighted by molar-refractivity contribution is 5.78. The second-order valence-electron chi connectivity index (χ2n) is 5.16. The number of hydrogen-bond acceptors (Lipinski definition) is 3. The van der Waals surface area contributed by atoms with Crippen LogP contribution in [0, 0.1) is 20.8 Å². The summed E-state index contributed by atoms with van der Waals surface area (Å²) in [5.74, 6) is -0.153. The lowest BCUT2D eigenvalue weighted by Gasteiger charge is -2.26. The Kier molecular flexibility index (Phi) is 4.95. The van der Waals surface area contributed by atoms with Crippen LogP contribution in [0.2, 0.25) is 0 Å². The van der Waals surface area contributed by atoms with Crippen LogP contribution in [0.15, 0.2) is 12.1 Å². The Labute approximate surface area is 114 Å². The molecule has 0 saturated heterocycles. The van der Waals surface area contributed by atoms with Gasteiger partial charge in [-0.3, -0.25) is 10.1 Å². The van der Waals surface area contributed by atoms with Crippen molar-refractivity contribution in [1.29, 1.82) is 0 Å². The van der Waals surface area contributed by atoms with Crippen LogP contribution in [0.25, 0.3) is 0 Å². The molecule has 0 radical (unpaired) electrons. The second kappa shape index (κ2) is 6.06. The molecule has 0 amide bonds. The first-order chi connectivity index (χ1) is 8.80. The van der Waals surface area contributed by atoms with Gasteiger partial charge in [0.1, 0.15) is 17.9 Å². The molecule has 0 saturated carbocycles. The van der Waals surface area contributed by atoms with Gasteiger partial charge >= 0.3 is 5.97 Å². The number of carboxylic acids is 1. The maximum atomic E-state index is 11.3. The Bertz CT molecular complexity index is 471. The molecule has 0 fully saturated rings. The molecule has 19 heavy (non-hydrogen) atoms. The molecular formula is C15H23NO3. The Morgan fingerprint density at radius 1 is 1.37 bits per heavy atom. The van der Waals surface area contributed by atoms with Crippen molar-refractivity contribution in [3.05, 3.63) is 28.8 Å². The number of benzene rings is 1. The minimum atomic E-state index is -1.07. The molecule has 0 spiro atoms. The fourth-order valence-electron chi connectivity index (χ4n) is 1.95. The first-order valence-corrected chi connectivity index (χ1v) is 6.49. The monoisotopic (exact) mass is 265 g/mol. The van der Waals surface area contributed by atoms with Crippen LogP contribution in [-0.2, 0) is 4.79 Å². The number of rotatable bonds is 6. The van der Waals surface area contributed by atoms with Crippen molar-refractivity contribution in [3.8, 4) is 5.75 Å². The van der Waals surface area contributed by atoms with Crippen molar-refractivity contribution in [2.24, 2.45) is 0 Å². The second-order valence-corrected chi connectivity index (χ2v) is 5.16. The van der Waals surface area contributed by atoms with Crippen molar-refractivity contribution < 1.29 is 14.6 Å². The molecular weight excluding hydrogens is 242 g/mol. The lowest BCUT2D eigenvalue weighted by atomic mass is 10.0. The third kappa shape index (κ3) is 3.70. The van der Waals surface area contributed by atoms with Crippen molar-refractivity contribution >= 4 is 5.97 Å². The first-order valence-electron chi connectivity index (χ1n) is 6.49. The fourth-order valence-corrected chi connectivity index (χ4v) is 1.95. The largest absolute Gasteiger partial charge is 0.491 e. The summed E-state index contributed by atoms with van der Waals surface area (Å²) in [6.07, 6.45) is 0. The summed E-state index contributed by atoms with van der Waals surface area (Å²) in [6.45, 7) is 10.2. The zero-order valence-corrected chi connectivity index (χ0v) is 12.3. The van der Waals surface area contributed by atoms with Crippen molar-refractivity contribution in [2.75, 3.05) is 13.2 Å². The van der Waals surface area contributed by atoms with Gasteiger partial charge in [0, 0.05) is 0 Å². The average Bonchev–Trinajstić information content (AvgIpc) is 2.32. The van der Waals surface area contributed by atoms with E-state index < -0.39 is 11.5 Å². The van der Waals surface area contributed by atoms with Gasteiger partial charge in [-0.05, 0) is 57.0 Å². The molecule has 4 nitrogen and oxygen atoms in total. The van der Waals surface area contributed by atoms with E-state index >= 15 is 0 Å². The zero-order chi connectivity index (χ0) is 14.6. The van der Waals surface area contributed by atoms with E-state index in [0.29, 0.717) is 6.54 Å². The number of ether oxygens (including phenoxy) is 1. The molecule has 0 aliphatic carbocycles. The van der Waals surface area contributed by atoms with E-state index in [1.165, 1.54) is 0 Å². The van der Waals surface area contributed by atoms with E-state index in [9.17, 15) is 9.90 Å². The standard InChI is InChI=1S/C15H23NO3/c1-6-16-15(5,14(17)18)9-19-13-8-10(2)7-11(3)12(13)4/h7-8,16H,6,9H2,1-5H3,(H,17,18). The third-order valence-electron chi connectivity index (χ3n) is 3.32. The number of aliphatic carboxylic acids is 1. The van der Waals surface area contributed by atoms with E-state index in [4.69, 9.17) is 4.74 Å². The van der Waals surface area contributed by atoms with Gasteiger partial charge in [-0.25, -0.2) is 0 Å². The molecule has 0 heterocycles. The van der Waals surface area contributed by atoms with E-state index in [0.717, 1.165) is 22.4 Å². The topological polar surface area (TPSA) is 58.6 Å². The lowest BCUT2D eigenvalue weighted by Crippen LogP contribution is -2.53. The zero-order valence-electron chi connectivity index (χ0n) is 12.3. The highest BCUT2D eigenvalue weighted by Gasteiger charge is 2.33. The van der Waals surface area contributed by atoms with Gasteiger partial charge in [0.2, 0.25) is 0 Å². The van der Waals surface area contributed by atoms with E-state index in [-0.39, 0.29) is 6.61 Å². The molecule has 2 N–H and O–H groups in total. The third-order valence-corrected chi connectivity index (χ3v) is 3.32. The van der Waals surface area contributed by atoms with Crippen LogP contribution in [0.3, 0.4) is 0 Å². The van der Waals surface area contributed by atoms with Crippen LogP contribution in [0.4, 0.5) is 0 Å². The molecule has 0 aromatic heterocycles. The van der Waals surface area contributed by atoms with E-state index in [1.54, 1.807) is 6.92 Å². The molecule has 0 aliphatic heterocycles. The number of nitrogens with one attached hydrogen (secondary N) is 1. The molecule has 4 heteroatoms. The molecule has 1 unspecified atom stereocenters. The Morgan fingerprint density at radius 2 is 2.00 bits per heavy atom. The highest BCUT2D eigenvalue weighted by Crippen LogP contribution is 2.24. The summed E-state index contributed by atoms with van der Waals surface area (Å²) in [5, 5.41) is 12.2. The Morgan fingerprint density at radius 3 is 2.53 bits per heavy atom. The van der Waals surface area contributed by atoms with Gasteiger partial charge in [-0.2, -0.15) is 0 Å². The van der Waals surface area contributed by atoms with Gasteiger partial charge in [0.05, 0.1) is 0 Å². The van der Waals surface area contributed by atoms with Crippen LogP contribution < -0.4 is 10.1 Å². The number of carbonyl (C=O) groups is 1. The Balaban J connectivity index is 2.89. The minimum absolute atomic E-state index is 0.0971. The maximum Gasteiger partial charge on any atom is 0.327 e. The Hall–Kier alpha value is -1.55. The number of carboxylic acid groups (broad SMARTS) is 1. The molecule has 1 aromatic carbocycles. The van der Waals surface area contributed by atoms with Gasteiger partial charge in [0.15, 0.2) is 0 Å². The summed E-state index contributed by atoms with van der Waals surface area (Å²) in [4.78, 5) is 11.3. The van der Waals surface area contributed by atoms with Crippen molar-refractivity contribution in [2.45, 2.75) is 40.2 Å². The van der Waals surface area contributed by atoms with Crippen molar-refractivity contribution in [3.63, 3.8) is 0 Å². The number of aryl methyl sites for hydroxylation is 2. The summed E-state index contributed by atoms with van der Waals surface area (Å²) < 4.78 is 5.73. The average molecular weight is 265 g/mol. The number of hydrogen-bond donors (Lipinski definition) is 2. The van der Waals surface area contributed by atoms with E-state index in [1.807, 2.05) is 33.8 Å². The van der Waals surface area contributed by atoms with Gasteiger partial charge in [-0.15, -0.1) is 0 Å². The molecule has 0 bridgehead atoms.